The number of amides is 1. The van der Waals surface area contributed by atoms with Gasteiger partial charge >= 0.3 is 0 Å². The lowest BCUT2D eigenvalue weighted by Crippen LogP contribution is -2.56. The minimum Gasteiger partial charge on any atom is -0.333 e. The van der Waals surface area contributed by atoms with Crippen LogP contribution in [0.5, 0.6) is 0 Å². The summed E-state index contributed by atoms with van der Waals surface area (Å²) in [6, 6.07) is 6.22. The molecule has 0 aromatic heterocycles. The number of carbonyl (C=O) groups is 1. The fourth-order valence-corrected chi connectivity index (χ4v) is 3.85. The van der Waals surface area contributed by atoms with E-state index in [1.807, 2.05) is 17.0 Å². The molecule has 0 aliphatic carbocycles. The van der Waals surface area contributed by atoms with E-state index < -0.39 is 0 Å². The number of piperazine rings is 1. The van der Waals surface area contributed by atoms with Gasteiger partial charge in [-0.3, -0.25) is 9.69 Å². The molecule has 0 radical (unpaired) electrons. The molecule has 2 heterocycles. The molecule has 2 unspecified atom stereocenters. The minimum atomic E-state index is 0.0513. The van der Waals surface area contributed by atoms with E-state index in [1.54, 1.807) is 6.07 Å². The monoisotopic (exact) mass is 356 g/mol. The van der Waals surface area contributed by atoms with Gasteiger partial charge in [-0.2, -0.15) is 0 Å². The van der Waals surface area contributed by atoms with Crippen molar-refractivity contribution in [1.82, 2.24) is 9.80 Å². The zero-order chi connectivity index (χ0) is 14.3. The van der Waals surface area contributed by atoms with Crippen LogP contribution in [0.4, 0.5) is 0 Å². The zero-order valence-corrected chi connectivity index (χ0v) is 13.8. The van der Waals surface area contributed by atoms with Crippen molar-refractivity contribution < 1.29 is 4.79 Å². The van der Waals surface area contributed by atoms with Crippen molar-refractivity contribution in [3.63, 3.8) is 0 Å². The summed E-state index contributed by atoms with van der Waals surface area (Å²) in [5.41, 5.74) is 0.597. The first-order valence-corrected chi connectivity index (χ1v) is 8.23. The van der Waals surface area contributed by atoms with Crippen LogP contribution in [0.15, 0.2) is 22.7 Å². The van der Waals surface area contributed by atoms with Gasteiger partial charge in [-0.1, -0.05) is 27.5 Å². The Morgan fingerprint density at radius 1 is 1.40 bits per heavy atom. The summed E-state index contributed by atoms with van der Waals surface area (Å²) in [5, 5.41) is 0.527. The Hall–Kier alpha value is -0.580. The zero-order valence-electron chi connectivity index (χ0n) is 11.5. The molecule has 0 spiro atoms. The first-order valence-electron chi connectivity index (χ1n) is 7.06. The largest absolute Gasteiger partial charge is 0.333 e. The van der Waals surface area contributed by atoms with Gasteiger partial charge in [0, 0.05) is 29.6 Å². The fraction of sp³-hybridized carbons (Fsp3) is 0.533. The highest BCUT2D eigenvalue weighted by molar-refractivity contribution is 9.10. The van der Waals surface area contributed by atoms with Crippen molar-refractivity contribution in [2.45, 2.75) is 31.8 Å². The predicted molar refractivity (Wildman–Crippen MR) is 84.2 cm³/mol. The van der Waals surface area contributed by atoms with Gasteiger partial charge in [0.1, 0.15) is 0 Å². The molecule has 2 atom stereocenters. The maximum absolute atomic E-state index is 12.8. The van der Waals surface area contributed by atoms with Crippen molar-refractivity contribution >= 4 is 33.4 Å². The third kappa shape index (κ3) is 2.61. The molecule has 1 amide bonds. The molecule has 2 aliphatic heterocycles. The summed E-state index contributed by atoms with van der Waals surface area (Å²) in [6.45, 7) is 5.10. The fourth-order valence-electron chi connectivity index (χ4n) is 3.29. The first kappa shape index (κ1) is 14.4. The summed E-state index contributed by atoms with van der Waals surface area (Å²) in [6.07, 6.45) is 2.44. The standard InChI is InChI=1S/C15H18BrClN2O/c1-10-8-18-6-2-3-12(18)9-19(10)15(20)13-7-11(16)4-5-14(13)17/h4-5,7,10,12H,2-3,6,8-9H2,1H3. The van der Waals surface area contributed by atoms with Crippen LogP contribution in [0.3, 0.4) is 0 Å². The van der Waals surface area contributed by atoms with E-state index in [1.165, 1.54) is 19.4 Å². The van der Waals surface area contributed by atoms with E-state index in [4.69, 9.17) is 11.6 Å². The molecule has 108 valence electrons. The Kier molecular flexibility index (Phi) is 4.07. The average molecular weight is 358 g/mol. The van der Waals surface area contributed by atoms with Crippen molar-refractivity contribution in [1.29, 1.82) is 0 Å². The van der Waals surface area contributed by atoms with E-state index in [9.17, 15) is 4.79 Å². The molecule has 20 heavy (non-hydrogen) atoms. The molecule has 3 rings (SSSR count). The van der Waals surface area contributed by atoms with Crippen LogP contribution in [0.1, 0.15) is 30.1 Å². The number of carbonyl (C=O) groups excluding carboxylic acids is 1. The molecular formula is C15H18BrClN2O. The Balaban J connectivity index is 1.84. The quantitative estimate of drug-likeness (QED) is 0.769. The van der Waals surface area contributed by atoms with Crippen molar-refractivity contribution in [2.75, 3.05) is 19.6 Å². The van der Waals surface area contributed by atoms with Gasteiger partial charge in [0.05, 0.1) is 10.6 Å². The second-order valence-electron chi connectivity index (χ2n) is 5.72. The number of fused-ring (bicyclic) bond motifs is 1. The van der Waals surface area contributed by atoms with Crippen molar-refractivity contribution in [3.05, 3.63) is 33.3 Å². The summed E-state index contributed by atoms with van der Waals surface area (Å²) in [7, 11) is 0. The number of halogens is 2. The third-order valence-electron chi connectivity index (χ3n) is 4.36. The highest BCUT2D eigenvalue weighted by Crippen LogP contribution is 2.28. The van der Waals surface area contributed by atoms with Gasteiger partial charge in [-0.25, -0.2) is 0 Å². The highest BCUT2D eigenvalue weighted by atomic mass is 79.9. The predicted octanol–water partition coefficient (Wildman–Crippen LogP) is 3.41. The molecular weight excluding hydrogens is 340 g/mol. The minimum absolute atomic E-state index is 0.0513. The van der Waals surface area contributed by atoms with Crippen LogP contribution < -0.4 is 0 Å². The summed E-state index contributed by atoms with van der Waals surface area (Å²) < 4.78 is 0.886. The topological polar surface area (TPSA) is 23.6 Å². The molecule has 2 saturated heterocycles. The maximum Gasteiger partial charge on any atom is 0.255 e. The summed E-state index contributed by atoms with van der Waals surface area (Å²) in [5.74, 6) is 0.0513. The van der Waals surface area contributed by atoms with Crippen LogP contribution in [-0.4, -0.2) is 47.4 Å². The van der Waals surface area contributed by atoms with Gasteiger partial charge < -0.3 is 4.90 Å². The maximum atomic E-state index is 12.8. The van der Waals surface area contributed by atoms with E-state index in [-0.39, 0.29) is 11.9 Å². The van der Waals surface area contributed by atoms with Gasteiger partial charge in [-0.15, -0.1) is 0 Å². The van der Waals surface area contributed by atoms with Gasteiger partial charge in [0.25, 0.3) is 5.91 Å². The Bertz CT molecular complexity index is 537. The van der Waals surface area contributed by atoms with Crippen molar-refractivity contribution in [2.24, 2.45) is 0 Å². The number of benzene rings is 1. The second-order valence-corrected chi connectivity index (χ2v) is 7.04. The number of nitrogens with zero attached hydrogens (tertiary/aromatic N) is 2. The normalized spacial score (nSPS) is 26.6. The highest BCUT2D eigenvalue weighted by Gasteiger charge is 2.37. The number of hydrogen-bond acceptors (Lipinski definition) is 2. The van der Waals surface area contributed by atoms with Crippen LogP contribution >= 0.6 is 27.5 Å². The van der Waals surface area contributed by atoms with Crippen LogP contribution in [0.25, 0.3) is 0 Å². The lowest BCUT2D eigenvalue weighted by molar-refractivity contribution is 0.0395. The lowest BCUT2D eigenvalue weighted by atomic mass is 10.1. The van der Waals surface area contributed by atoms with Crippen LogP contribution in [0.2, 0.25) is 5.02 Å². The van der Waals surface area contributed by atoms with Crippen LogP contribution in [-0.2, 0) is 0 Å². The summed E-state index contributed by atoms with van der Waals surface area (Å²) >= 11 is 9.60. The molecule has 2 fully saturated rings. The van der Waals surface area contributed by atoms with Crippen LogP contribution in [0, 0.1) is 0 Å². The lowest BCUT2D eigenvalue weighted by Gasteiger charge is -2.42. The number of hydrogen-bond donors (Lipinski definition) is 0. The average Bonchev–Trinajstić information content (AvgIpc) is 2.87. The number of rotatable bonds is 1. The Morgan fingerprint density at radius 3 is 3.00 bits per heavy atom. The first-order chi connectivity index (χ1) is 9.56. The van der Waals surface area contributed by atoms with E-state index in [0.717, 1.165) is 17.6 Å². The second kappa shape index (κ2) is 5.66. The van der Waals surface area contributed by atoms with Gasteiger partial charge in [0.15, 0.2) is 0 Å². The van der Waals surface area contributed by atoms with E-state index in [0.29, 0.717) is 16.6 Å². The van der Waals surface area contributed by atoms with E-state index >= 15 is 0 Å². The molecule has 0 N–H and O–H groups in total. The smallest absolute Gasteiger partial charge is 0.255 e. The van der Waals surface area contributed by atoms with Gasteiger partial charge in [0.2, 0.25) is 0 Å². The molecule has 0 bridgehead atoms. The van der Waals surface area contributed by atoms with Gasteiger partial charge in [-0.05, 0) is 44.5 Å². The molecule has 2 aliphatic rings. The molecule has 0 saturated carbocycles. The SMILES string of the molecule is CC1CN2CCCC2CN1C(=O)c1cc(Br)ccc1Cl. The van der Waals surface area contributed by atoms with Crippen molar-refractivity contribution in [3.8, 4) is 0 Å². The Labute approximate surface area is 133 Å². The molecule has 1 aromatic rings. The Morgan fingerprint density at radius 2 is 2.20 bits per heavy atom. The molecule has 1 aromatic carbocycles. The summed E-state index contributed by atoms with van der Waals surface area (Å²) in [4.78, 5) is 17.3. The van der Waals surface area contributed by atoms with E-state index in [2.05, 4.69) is 27.8 Å². The molecule has 3 nitrogen and oxygen atoms in total. The molecule has 5 heteroatoms. The third-order valence-corrected chi connectivity index (χ3v) is 5.18.